The van der Waals surface area contributed by atoms with E-state index in [2.05, 4.69) is 5.32 Å². The van der Waals surface area contributed by atoms with Crippen LogP contribution in [0.3, 0.4) is 0 Å². The van der Waals surface area contributed by atoms with Crippen LogP contribution >= 0.6 is 0 Å². The molecule has 3 amide bonds. The van der Waals surface area contributed by atoms with Gasteiger partial charge in [-0.05, 0) is 67.9 Å². The average Bonchev–Trinajstić information content (AvgIpc) is 3.29. The summed E-state index contributed by atoms with van der Waals surface area (Å²) in [5.74, 6) is 0.776. The molecule has 0 bridgehead atoms. The van der Waals surface area contributed by atoms with Crippen molar-refractivity contribution in [2.24, 2.45) is 5.92 Å². The first-order valence-electron chi connectivity index (χ1n) is 16.6. The molecule has 2 aliphatic heterocycles. The minimum absolute atomic E-state index is 0.0435. The van der Waals surface area contributed by atoms with Gasteiger partial charge >= 0.3 is 18.4 Å². The van der Waals surface area contributed by atoms with E-state index in [9.17, 15) is 41.0 Å². The van der Waals surface area contributed by atoms with Gasteiger partial charge in [0, 0.05) is 24.4 Å². The molecule has 2 atom stereocenters. The maximum absolute atomic E-state index is 13.8. The molecule has 2 heterocycles. The molecule has 0 spiro atoms. The highest BCUT2D eigenvalue weighted by atomic mass is 19.4. The van der Waals surface area contributed by atoms with E-state index in [1.165, 1.54) is 4.90 Å². The van der Waals surface area contributed by atoms with Crippen LogP contribution in [-0.4, -0.2) is 66.2 Å². The number of aliphatic hydroxyl groups is 1. The van der Waals surface area contributed by atoms with Crippen molar-refractivity contribution in [1.29, 1.82) is 0 Å². The SMILES string of the molecule is CCCCCc1cc(C(O)(C(F)(F)F)C(F)(F)F)cc(CCC)c1OCCCCN1C(=O)NC(CC)(C2C=CC3=C(C2)OCCO3)C1=O. The van der Waals surface area contributed by atoms with Gasteiger partial charge in [-0.2, -0.15) is 26.3 Å². The van der Waals surface area contributed by atoms with Crippen LogP contribution in [0.2, 0.25) is 0 Å². The van der Waals surface area contributed by atoms with Crippen molar-refractivity contribution in [1.82, 2.24) is 10.2 Å². The number of urea groups is 1. The fourth-order valence-electron chi connectivity index (χ4n) is 6.57. The van der Waals surface area contributed by atoms with Gasteiger partial charge < -0.3 is 24.6 Å². The molecule has 8 nitrogen and oxygen atoms in total. The van der Waals surface area contributed by atoms with Crippen molar-refractivity contribution in [3.8, 4) is 5.75 Å². The highest BCUT2D eigenvalue weighted by molar-refractivity contribution is 6.07. The van der Waals surface area contributed by atoms with Gasteiger partial charge in [-0.15, -0.1) is 0 Å². The molecule has 14 heteroatoms. The molecule has 1 aromatic rings. The molecule has 48 heavy (non-hydrogen) atoms. The van der Waals surface area contributed by atoms with Crippen LogP contribution in [0.4, 0.5) is 31.1 Å². The summed E-state index contributed by atoms with van der Waals surface area (Å²) < 4.78 is 100. The Morgan fingerprint density at radius 2 is 1.60 bits per heavy atom. The number of rotatable bonds is 15. The Labute approximate surface area is 276 Å². The summed E-state index contributed by atoms with van der Waals surface area (Å²) in [5.41, 5.74) is -7.18. The third-order valence-corrected chi connectivity index (χ3v) is 9.24. The highest BCUT2D eigenvalue weighted by Crippen LogP contribution is 2.51. The van der Waals surface area contributed by atoms with Gasteiger partial charge in [-0.3, -0.25) is 9.69 Å². The molecule has 1 fully saturated rings. The van der Waals surface area contributed by atoms with Crippen LogP contribution < -0.4 is 10.1 Å². The summed E-state index contributed by atoms with van der Waals surface area (Å²) in [5, 5.41) is 13.0. The summed E-state index contributed by atoms with van der Waals surface area (Å²) in [4.78, 5) is 27.8. The number of nitrogens with one attached hydrogen (secondary N) is 1. The number of benzene rings is 1. The van der Waals surface area contributed by atoms with E-state index < -0.39 is 35.1 Å². The van der Waals surface area contributed by atoms with Crippen LogP contribution in [0.5, 0.6) is 5.75 Å². The molecule has 0 radical (unpaired) electrons. The first-order chi connectivity index (χ1) is 22.6. The van der Waals surface area contributed by atoms with Gasteiger partial charge in [0.15, 0.2) is 5.76 Å². The number of hydrogen-bond donors (Lipinski definition) is 2. The van der Waals surface area contributed by atoms with Crippen LogP contribution in [0.15, 0.2) is 35.8 Å². The van der Waals surface area contributed by atoms with Gasteiger partial charge in [0.05, 0.1) is 6.61 Å². The Hall–Kier alpha value is -3.42. The van der Waals surface area contributed by atoms with Crippen LogP contribution in [0.25, 0.3) is 0 Å². The highest BCUT2D eigenvalue weighted by Gasteiger charge is 2.71. The van der Waals surface area contributed by atoms with E-state index in [1.54, 1.807) is 13.0 Å². The second-order valence-corrected chi connectivity index (χ2v) is 12.5. The molecule has 1 aromatic carbocycles. The van der Waals surface area contributed by atoms with Crippen molar-refractivity contribution in [3.05, 3.63) is 52.5 Å². The van der Waals surface area contributed by atoms with Crippen LogP contribution in [0.1, 0.15) is 88.8 Å². The standard InChI is InChI=1S/C34H44F6N2O6/c1-4-7-8-12-23-20-25(32(45,33(35,36)37)34(38,39)40)19-22(11-5-2)28(23)48-16-10-9-15-42-29(43)31(6-3,41-30(42)44)24-13-14-26-27(21-24)47-18-17-46-26/h13-14,19-20,24,45H,4-12,15-18,21H2,1-3H3,(H,41,44). The fourth-order valence-corrected chi connectivity index (χ4v) is 6.57. The van der Waals surface area contributed by atoms with E-state index in [0.29, 0.717) is 69.7 Å². The number of halogens is 6. The smallest absolute Gasteiger partial charge is 0.430 e. The lowest BCUT2D eigenvalue weighted by atomic mass is 9.77. The number of aryl methyl sites for hydroxylation is 2. The van der Waals surface area contributed by atoms with Gasteiger partial charge in [0.1, 0.15) is 30.3 Å². The molecule has 3 aliphatic rings. The third kappa shape index (κ3) is 7.28. The van der Waals surface area contributed by atoms with E-state index in [4.69, 9.17) is 14.2 Å². The molecule has 268 valence electrons. The van der Waals surface area contributed by atoms with E-state index in [1.807, 2.05) is 19.9 Å². The summed E-state index contributed by atoms with van der Waals surface area (Å²) in [7, 11) is 0. The van der Waals surface area contributed by atoms with Gasteiger partial charge in [0.25, 0.3) is 11.5 Å². The largest absolute Gasteiger partial charge is 0.493 e. The number of ether oxygens (including phenoxy) is 3. The van der Waals surface area contributed by atoms with Gasteiger partial charge in [-0.1, -0.05) is 46.1 Å². The number of carbonyl (C=O) groups excluding carboxylic acids is 2. The molecule has 1 saturated heterocycles. The number of carbonyl (C=O) groups is 2. The molecule has 0 saturated carbocycles. The lowest BCUT2D eigenvalue weighted by Gasteiger charge is -2.36. The van der Waals surface area contributed by atoms with Gasteiger partial charge in [-0.25, -0.2) is 4.79 Å². The Balaban J connectivity index is 1.47. The Morgan fingerprint density at radius 3 is 2.23 bits per heavy atom. The van der Waals surface area contributed by atoms with E-state index in [0.717, 1.165) is 18.6 Å². The van der Waals surface area contributed by atoms with Gasteiger partial charge in [0.2, 0.25) is 0 Å². The Morgan fingerprint density at radius 1 is 0.938 bits per heavy atom. The third-order valence-electron chi connectivity index (χ3n) is 9.24. The number of imide groups is 1. The number of amides is 3. The van der Waals surface area contributed by atoms with Crippen LogP contribution in [0, 0.1) is 5.92 Å². The molecule has 0 aromatic heterocycles. The predicted molar refractivity (Wildman–Crippen MR) is 164 cm³/mol. The fraction of sp³-hybridized carbons (Fsp3) is 0.647. The van der Waals surface area contributed by atoms with Crippen molar-refractivity contribution < 1.29 is 55.2 Å². The quantitative estimate of drug-likeness (QED) is 0.113. The average molecular weight is 691 g/mol. The zero-order valence-corrected chi connectivity index (χ0v) is 27.5. The molecular weight excluding hydrogens is 646 g/mol. The zero-order valence-electron chi connectivity index (χ0n) is 27.5. The molecule has 4 rings (SSSR count). The minimum atomic E-state index is -6.00. The van der Waals surface area contributed by atoms with Crippen molar-refractivity contribution in [3.63, 3.8) is 0 Å². The molecule has 1 aliphatic carbocycles. The van der Waals surface area contributed by atoms with E-state index >= 15 is 0 Å². The molecular formula is C34H44F6N2O6. The normalized spacial score (nSPS) is 21.6. The number of hydrogen-bond acceptors (Lipinski definition) is 6. The summed E-state index contributed by atoms with van der Waals surface area (Å²) >= 11 is 0. The number of nitrogens with zero attached hydrogens (tertiary/aromatic N) is 1. The summed E-state index contributed by atoms with van der Waals surface area (Å²) in [6.07, 6.45) is -4.29. The lowest BCUT2D eigenvalue weighted by molar-refractivity contribution is -0.376. The first-order valence-corrected chi connectivity index (χ1v) is 16.6. The van der Waals surface area contributed by atoms with Crippen LogP contribution in [-0.2, 0) is 32.7 Å². The van der Waals surface area contributed by atoms with E-state index in [-0.39, 0.29) is 54.7 Å². The van der Waals surface area contributed by atoms with Crippen molar-refractivity contribution in [2.75, 3.05) is 26.4 Å². The zero-order chi connectivity index (χ0) is 35.3. The summed E-state index contributed by atoms with van der Waals surface area (Å²) in [6.45, 7) is 6.45. The molecule has 2 unspecified atom stereocenters. The topological polar surface area (TPSA) is 97.3 Å². The second-order valence-electron chi connectivity index (χ2n) is 12.5. The van der Waals surface area contributed by atoms with Crippen molar-refractivity contribution >= 4 is 11.9 Å². The first kappa shape index (κ1) is 37.4. The monoisotopic (exact) mass is 690 g/mol. The summed E-state index contributed by atoms with van der Waals surface area (Å²) in [6, 6.07) is 0.980. The molecule has 2 N–H and O–H groups in total. The maximum Gasteiger partial charge on any atom is 0.430 e. The Kier molecular flexibility index (Phi) is 11.7. The number of alkyl halides is 6. The maximum atomic E-state index is 13.8. The van der Waals surface area contributed by atoms with Crippen molar-refractivity contribution in [2.45, 2.75) is 108 Å². The lowest BCUT2D eigenvalue weighted by Crippen LogP contribution is -2.54. The minimum Gasteiger partial charge on any atom is -0.493 e. The number of allylic oxidation sites excluding steroid dienone is 2. The Bertz CT molecular complexity index is 1380. The second kappa shape index (κ2) is 15.0. The number of unbranched alkanes of at least 4 members (excludes halogenated alkanes) is 3. The predicted octanol–water partition coefficient (Wildman–Crippen LogP) is 7.38.